The van der Waals surface area contributed by atoms with Gasteiger partial charge < -0.3 is 5.32 Å². The topological polar surface area (TPSA) is 24.4 Å². The standard InChI is InChI=1S/C9H10N2/c1-3-8(10-5-1)7-9-4-2-6-11-9/h1-2,5-7,10H,3-4H2/b8-7+. The predicted molar refractivity (Wildman–Crippen MR) is 46.2 cm³/mol. The molecule has 0 unspecified atom stereocenters. The van der Waals surface area contributed by atoms with Crippen LogP contribution in [0.1, 0.15) is 12.8 Å². The first-order chi connectivity index (χ1) is 5.45. The zero-order chi connectivity index (χ0) is 7.52. The largest absolute Gasteiger partial charge is 0.365 e. The Labute approximate surface area is 66.0 Å². The maximum Gasteiger partial charge on any atom is 0.0459 e. The van der Waals surface area contributed by atoms with Gasteiger partial charge in [-0.1, -0.05) is 12.2 Å². The fourth-order valence-electron chi connectivity index (χ4n) is 1.18. The van der Waals surface area contributed by atoms with Crippen LogP contribution in [0, 0.1) is 0 Å². The molecule has 2 heterocycles. The summed E-state index contributed by atoms with van der Waals surface area (Å²) in [4.78, 5) is 4.19. The van der Waals surface area contributed by atoms with Gasteiger partial charge in [0.2, 0.25) is 0 Å². The Balaban J connectivity index is 2.03. The van der Waals surface area contributed by atoms with Gasteiger partial charge >= 0.3 is 0 Å². The molecule has 0 saturated heterocycles. The average molecular weight is 146 g/mol. The summed E-state index contributed by atoms with van der Waals surface area (Å²) in [5.74, 6) is 0. The Morgan fingerprint density at radius 2 is 2.36 bits per heavy atom. The van der Waals surface area contributed by atoms with E-state index in [1.54, 1.807) is 0 Å². The summed E-state index contributed by atoms with van der Waals surface area (Å²) in [5, 5.41) is 3.16. The van der Waals surface area contributed by atoms with E-state index in [0.29, 0.717) is 0 Å². The van der Waals surface area contributed by atoms with Crippen molar-refractivity contribution in [2.45, 2.75) is 12.8 Å². The first kappa shape index (κ1) is 6.40. The first-order valence-corrected chi connectivity index (χ1v) is 3.79. The second kappa shape index (κ2) is 2.74. The van der Waals surface area contributed by atoms with Gasteiger partial charge in [0.05, 0.1) is 0 Å². The highest BCUT2D eigenvalue weighted by Gasteiger charge is 2.02. The lowest BCUT2D eigenvalue weighted by molar-refractivity contribution is 1.07. The molecule has 0 bridgehead atoms. The molecule has 0 aromatic heterocycles. The Kier molecular flexibility index (Phi) is 1.60. The van der Waals surface area contributed by atoms with Crippen LogP contribution >= 0.6 is 0 Å². The number of allylic oxidation sites excluding steroid dienone is 3. The lowest BCUT2D eigenvalue weighted by Crippen LogP contribution is -2.00. The van der Waals surface area contributed by atoms with E-state index in [2.05, 4.69) is 28.5 Å². The van der Waals surface area contributed by atoms with Gasteiger partial charge in [-0.05, 0) is 12.3 Å². The van der Waals surface area contributed by atoms with Gasteiger partial charge in [-0.2, -0.15) is 0 Å². The molecular weight excluding hydrogens is 136 g/mol. The number of hydrogen-bond donors (Lipinski definition) is 1. The Bertz CT molecular complexity index is 259. The van der Waals surface area contributed by atoms with Crippen LogP contribution in [0.15, 0.2) is 41.3 Å². The van der Waals surface area contributed by atoms with E-state index in [-0.39, 0.29) is 0 Å². The molecule has 1 N–H and O–H groups in total. The molecule has 0 aliphatic carbocycles. The summed E-state index contributed by atoms with van der Waals surface area (Å²) in [6.45, 7) is 0. The smallest absolute Gasteiger partial charge is 0.0459 e. The highest BCUT2D eigenvalue weighted by molar-refractivity contribution is 5.98. The van der Waals surface area contributed by atoms with Crippen molar-refractivity contribution in [1.29, 1.82) is 0 Å². The Morgan fingerprint density at radius 3 is 3.00 bits per heavy atom. The zero-order valence-corrected chi connectivity index (χ0v) is 6.25. The second-order valence-corrected chi connectivity index (χ2v) is 2.63. The molecule has 0 radical (unpaired) electrons. The van der Waals surface area contributed by atoms with E-state index in [1.165, 1.54) is 5.70 Å². The summed E-state index contributed by atoms with van der Waals surface area (Å²) >= 11 is 0. The molecule has 0 spiro atoms. The zero-order valence-electron chi connectivity index (χ0n) is 6.25. The van der Waals surface area contributed by atoms with Crippen LogP contribution in [0.3, 0.4) is 0 Å². The maximum atomic E-state index is 4.19. The van der Waals surface area contributed by atoms with Crippen LogP contribution < -0.4 is 5.32 Å². The fraction of sp³-hybridized carbons (Fsp3) is 0.222. The average Bonchev–Trinajstić information content (AvgIpc) is 2.60. The van der Waals surface area contributed by atoms with Gasteiger partial charge in [0, 0.05) is 30.5 Å². The summed E-state index contributed by atoms with van der Waals surface area (Å²) < 4.78 is 0. The van der Waals surface area contributed by atoms with E-state index in [4.69, 9.17) is 0 Å². The predicted octanol–water partition coefficient (Wildman–Crippen LogP) is 1.74. The lowest BCUT2D eigenvalue weighted by atomic mass is 10.2. The van der Waals surface area contributed by atoms with Gasteiger partial charge in [0.15, 0.2) is 0 Å². The van der Waals surface area contributed by atoms with Crippen molar-refractivity contribution < 1.29 is 0 Å². The van der Waals surface area contributed by atoms with Gasteiger partial charge in [-0.25, -0.2) is 0 Å². The van der Waals surface area contributed by atoms with E-state index >= 15 is 0 Å². The minimum Gasteiger partial charge on any atom is -0.365 e. The van der Waals surface area contributed by atoms with Crippen molar-refractivity contribution >= 4 is 5.71 Å². The molecule has 2 heteroatoms. The number of nitrogens with zero attached hydrogens (tertiary/aromatic N) is 1. The third-order valence-corrected chi connectivity index (χ3v) is 1.74. The monoisotopic (exact) mass is 146 g/mol. The quantitative estimate of drug-likeness (QED) is 0.598. The van der Waals surface area contributed by atoms with Crippen LogP contribution in [0.5, 0.6) is 0 Å². The summed E-state index contributed by atoms with van der Waals surface area (Å²) in [6, 6.07) is 0. The molecule has 11 heavy (non-hydrogen) atoms. The third kappa shape index (κ3) is 1.40. The molecule has 2 rings (SSSR count). The molecule has 0 aromatic rings. The summed E-state index contributed by atoms with van der Waals surface area (Å²) in [7, 11) is 0. The van der Waals surface area contributed by atoms with Gasteiger partial charge in [0.1, 0.15) is 0 Å². The number of nitrogens with one attached hydrogen (secondary N) is 1. The molecule has 2 nitrogen and oxygen atoms in total. The van der Waals surface area contributed by atoms with Crippen molar-refractivity contribution in [2.24, 2.45) is 4.99 Å². The highest BCUT2D eigenvalue weighted by atomic mass is 14.9. The van der Waals surface area contributed by atoms with Crippen LogP contribution in [-0.4, -0.2) is 5.71 Å². The molecule has 0 amide bonds. The van der Waals surface area contributed by atoms with Crippen molar-refractivity contribution in [1.82, 2.24) is 5.32 Å². The Morgan fingerprint density at radius 1 is 1.36 bits per heavy atom. The molecule has 0 saturated carbocycles. The van der Waals surface area contributed by atoms with Crippen molar-refractivity contribution in [2.75, 3.05) is 0 Å². The van der Waals surface area contributed by atoms with Crippen LogP contribution in [0.4, 0.5) is 0 Å². The van der Waals surface area contributed by atoms with Crippen molar-refractivity contribution in [3.63, 3.8) is 0 Å². The maximum absolute atomic E-state index is 4.19. The van der Waals surface area contributed by atoms with Crippen LogP contribution in [0.2, 0.25) is 0 Å². The minimum absolute atomic E-state index is 0.977. The van der Waals surface area contributed by atoms with Gasteiger partial charge in [-0.3, -0.25) is 4.99 Å². The number of rotatable bonds is 1. The molecule has 2 aliphatic rings. The van der Waals surface area contributed by atoms with Crippen LogP contribution in [0.25, 0.3) is 0 Å². The van der Waals surface area contributed by atoms with E-state index < -0.39 is 0 Å². The molecule has 0 atom stereocenters. The SMILES string of the molecule is C1=CN=C(/C=C2\CC=CN2)C1. The first-order valence-electron chi connectivity index (χ1n) is 3.79. The molecular formula is C9H10N2. The van der Waals surface area contributed by atoms with E-state index in [9.17, 15) is 0 Å². The Hall–Kier alpha value is -1.31. The van der Waals surface area contributed by atoms with Gasteiger partial charge in [0.25, 0.3) is 0 Å². The molecule has 0 fully saturated rings. The number of aliphatic imine (C=N–C) groups is 1. The number of hydrogen-bond acceptors (Lipinski definition) is 2. The second-order valence-electron chi connectivity index (χ2n) is 2.63. The van der Waals surface area contributed by atoms with Crippen molar-refractivity contribution in [3.8, 4) is 0 Å². The van der Waals surface area contributed by atoms with Crippen molar-refractivity contribution in [3.05, 3.63) is 36.3 Å². The normalized spacial score (nSPS) is 24.4. The summed E-state index contributed by atoms with van der Waals surface area (Å²) in [5.41, 5.74) is 2.39. The van der Waals surface area contributed by atoms with Crippen LogP contribution in [-0.2, 0) is 0 Å². The lowest BCUT2D eigenvalue weighted by Gasteiger charge is -1.96. The minimum atomic E-state index is 0.977. The molecule has 2 aliphatic heterocycles. The molecule has 0 aromatic carbocycles. The van der Waals surface area contributed by atoms with Gasteiger partial charge in [-0.15, -0.1) is 0 Å². The molecule has 56 valence electrons. The van der Waals surface area contributed by atoms with E-state index in [1.807, 2.05) is 12.4 Å². The fourth-order valence-corrected chi connectivity index (χ4v) is 1.18. The third-order valence-electron chi connectivity index (χ3n) is 1.74. The highest BCUT2D eigenvalue weighted by Crippen LogP contribution is 2.09. The van der Waals surface area contributed by atoms with E-state index in [0.717, 1.165) is 18.6 Å². The summed E-state index contributed by atoms with van der Waals surface area (Å²) in [6.07, 6.45) is 12.1.